The van der Waals surface area contributed by atoms with Gasteiger partial charge in [-0.15, -0.1) is 0 Å². The fourth-order valence-electron chi connectivity index (χ4n) is 1.12. The third-order valence-electron chi connectivity index (χ3n) is 1.83. The molecular weight excluding hydrogens is 151 g/mol. The van der Waals surface area contributed by atoms with Gasteiger partial charge in [-0.05, 0) is 6.42 Å². The van der Waals surface area contributed by atoms with E-state index in [9.17, 15) is 9.18 Å². The lowest BCUT2D eigenvalue weighted by molar-refractivity contribution is -0.0949. The van der Waals surface area contributed by atoms with Crippen LogP contribution in [0.4, 0.5) is 9.18 Å². The lowest BCUT2D eigenvalue weighted by Crippen LogP contribution is -2.33. The SMILES string of the molecule is CCC1OC(=O)OC1(F)CC. The molecular formula is C7H11FO3. The molecule has 0 aromatic carbocycles. The smallest absolute Gasteiger partial charge is 0.424 e. The predicted molar refractivity (Wildman–Crippen MR) is 35.8 cm³/mol. The van der Waals surface area contributed by atoms with Crippen LogP contribution in [-0.2, 0) is 9.47 Å². The van der Waals surface area contributed by atoms with Crippen LogP contribution in [0.1, 0.15) is 26.7 Å². The van der Waals surface area contributed by atoms with Gasteiger partial charge in [0.05, 0.1) is 0 Å². The summed E-state index contributed by atoms with van der Waals surface area (Å²) in [6, 6.07) is 0. The van der Waals surface area contributed by atoms with Crippen LogP contribution in [0.15, 0.2) is 0 Å². The van der Waals surface area contributed by atoms with Crippen LogP contribution in [0.5, 0.6) is 0 Å². The average molecular weight is 162 g/mol. The number of carbonyl (C=O) groups excluding carboxylic acids is 1. The summed E-state index contributed by atoms with van der Waals surface area (Å²) in [5.41, 5.74) is 0. The Bertz CT molecular complexity index is 171. The average Bonchev–Trinajstić information content (AvgIpc) is 2.27. The van der Waals surface area contributed by atoms with Crippen LogP contribution in [0, 0.1) is 0 Å². The summed E-state index contributed by atoms with van der Waals surface area (Å²) in [6.07, 6.45) is -1.06. The molecule has 0 N–H and O–H groups in total. The van der Waals surface area contributed by atoms with Gasteiger partial charge in [-0.25, -0.2) is 4.79 Å². The molecule has 64 valence electrons. The minimum atomic E-state index is -1.90. The lowest BCUT2D eigenvalue weighted by Gasteiger charge is -2.18. The molecule has 4 heteroatoms. The quantitative estimate of drug-likeness (QED) is 0.582. The summed E-state index contributed by atoms with van der Waals surface area (Å²) >= 11 is 0. The van der Waals surface area contributed by atoms with Crippen molar-refractivity contribution >= 4 is 6.16 Å². The summed E-state index contributed by atoms with van der Waals surface area (Å²) in [7, 11) is 0. The maximum absolute atomic E-state index is 13.4. The largest absolute Gasteiger partial charge is 0.511 e. The molecule has 1 fully saturated rings. The van der Waals surface area contributed by atoms with Gasteiger partial charge in [-0.2, -0.15) is 4.39 Å². The van der Waals surface area contributed by atoms with E-state index in [1.807, 2.05) is 0 Å². The van der Waals surface area contributed by atoms with Crippen LogP contribution < -0.4 is 0 Å². The summed E-state index contributed by atoms with van der Waals surface area (Å²) < 4.78 is 22.3. The Morgan fingerprint density at radius 1 is 1.64 bits per heavy atom. The van der Waals surface area contributed by atoms with E-state index in [0.29, 0.717) is 6.42 Å². The second kappa shape index (κ2) is 2.68. The van der Waals surface area contributed by atoms with Gasteiger partial charge in [-0.1, -0.05) is 13.8 Å². The van der Waals surface area contributed by atoms with E-state index >= 15 is 0 Å². The molecule has 1 saturated heterocycles. The summed E-state index contributed by atoms with van der Waals surface area (Å²) in [5, 5.41) is 0. The molecule has 2 atom stereocenters. The number of ether oxygens (including phenoxy) is 2. The summed E-state index contributed by atoms with van der Waals surface area (Å²) in [4.78, 5) is 10.5. The number of halogens is 1. The van der Waals surface area contributed by atoms with Crippen molar-refractivity contribution < 1.29 is 18.7 Å². The number of carbonyl (C=O) groups is 1. The highest BCUT2D eigenvalue weighted by molar-refractivity contribution is 5.63. The topological polar surface area (TPSA) is 35.5 Å². The Labute approximate surface area is 64.5 Å². The van der Waals surface area contributed by atoms with E-state index in [2.05, 4.69) is 9.47 Å². The summed E-state index contributed by atoms with van der Waals surface area (Å²) in [5.74, 6) is -1.90. The van der Waals surface area contributed by atoms with E-state index in [0.717, 1.165) is 0 Å². The zero-order chi connectivity index (χ0) is 8.48. The fraction of sp³-hybridized carbons (Fsp3) is 0.857. The third-order valence-corrected chi connectivity index (χ3v) is 1.83. The number of hydrogen-bond donors (Lipinski definition) is 0. The first-order chi connectivity index (χ1) is 5.12. The molecule has 0 spiro atoms. The highest BCUT2D eigenvalue weighted by Crippen LogP contribution is 2.33. The first-order valence-electron chi connectivity index (χ1n) is 3.71. The Morgan fingerprint density at radius 3 is 2.64 bits per heavy atom. The maximum atomic E-state index is 13.4. The van der Waals surface area contributed by atoms with Crippen molar-refractivity contribution in [2.45, 2.75) is 38.6 Å². The summed E-state index contributed by atoms with van der Waals surface area (Å²) in [6.45, 7) is 3.36. The van der Waals surface area contributed by atoms with Crippen molar-refractivity contribution in [3.63, 3.8) is 0 Å². The molecule has 2 unspecified atom stereocenters. The minimum absolute atomic E-state index is 0.136. The molecule has 3 nitrogen and oxygen atoms in total. The molecule has 0 saturated carbocycles. The lowest BCUT2D eigenvalue weighted by atomic mass is 10.1. The van der Waals surface area contributed by atoms with Gasteiger partial charge >= 0.3 is 6.16 Å². The van der Waals surface area contributed by atoms with Crippen LogP contribution >= 0.6 is 0 Å². The molecule has 0 aromatic rings. The molecule has 0 amide bonds. The minimum Gasteiger partial charge on any atom is -0.424 e. The highest BCUT2D eigenvalue weighted by atomic mass is 19.2. The van der Waals surface area contributed by atoms with E-state index in [1.165, 1.54) is 0 Å². The zero-order valence-corrected chi connectivity index (χ0v) is 6.59. The van der Waals surface area contributed by atoms with Gasteiger partial charge in [0.1, 0.15) is 0 Å². The molecule has 1 rings (SSSR count). The molecule has 0 aromatic heterocycles. The van der Waals surface area contributed by atoms with Crippen molar-refractivity contribution in [1.29, 1.82) is 0 Å². The van der Waals surface area contributed by atoms with Gasteiger partial charge in [0.25, 0.3) is 5.85 Å². The highest BCUT2D eigenvalue weighted by Gasteiger charge is 2.49. The van der Waals surface area contributed by atoms with Crippen molar-refractivity contribution in [3.8, 4) is 0 Å². The molecule has 1 heterocycles. The van der Waals surface area contributed by atoms with Gasteiger partial charge in [-0.3, -0.25) is 0 Å². The Kier molecular flexibility index (Phi) is 2.02. The van der Waals surface area contributed by atoms with Crippen LogP contribution in [-0.4, -0.2) is 18.1 Å². The number of alkyl halides is 1. The molecule has 1 aliphatic rings. The molecule has 11 heavy (non-hydrogen) atoms. The van der Waals surface area contributed by atoms with Crippen LogP contribution in [0.2, 0.25) is 0 Å². The number of rotatable bonds is 2. The van der Waals surface area contributed by atoms with Gasteiger partial charge in [0, 0.05) is 6.42 Å². The maximum Gasteiger partial charge on any atom is 0.511 e. The first-order valence-corrected chi connectivity index (χ1v) is 3.71. The molecule has 1 aliphatic heterocycles. The van der Waals surface area contributed by atoms with Gasteiger partial charge in [0.15, 0.2) is 6.10 Å². The van der Waals surface area contributed by atoms with Crippen molar-refractivity contribution in [3.05, 3.63) is 0 Å². The van der Waals surface area contributed by atoms with Crippen molar-refractivity contribution in [2.24, 2.45) is 0 Å². The van der Waals surface area contributed by atoms with Crippen LogP contribution in [0.3, 0.4) is 0 Å². The predicted octanol–water partition coefficient (Wildman–Crippen LogP) is 2.01. The Balaban J connectivity index is 2.71. The van der Waals surface area contributed by atoms with Gasteiger partial charge in [0.2, 0.25) is 0 Å². The second-order valence-corrected chi connectivity index (χ2v) is 2.51. The second-order valence-electron chi connectivity index (χ2n) is 2.51. The van der Waals surface area contributed by atoms with Crippen molar-refractivity contribution in [2.75, 3.05) is 0 Å². The molecule has 0 bridgehead atoms. The Morgan fingerprint density at radius 2 is 2.27 bits per heavy atom. The van der Waals surface area contributed by atoms with Gasteiger partial charge < -0.3 is 9.47 Å². The zero-order valence-electron chi connectivity index (χ0n) is 6.59. The molecule has 0 radical (unpaired) electrons. The van der Waals surface area contributed by atoms with E-state index < -0.39 is 18.1 Å². The Hall–Kier alpha value is -0.800. The molecule has 0 aliphatic carbocycles. The number of hydrogen-bond acceptors (Lipinski definition) is 3. The van der Waals surface area contributed by atoms with E-state index in [4.69, 9.17) is 0 Å². The standard InChI is InChI=1S/C7H11FO3/c1-3-5-7(8,4-2)11-6(9)10-5/h5H,3-4H2,1-2H3. The fourth-order valence-corrected chi connectivity index (χ4v) is 1.12. The van der Waals surface area contributed by atoms with Crippen molar-refractivity contribution in [1.82, 2.24) is 0 Å². The number of cyclic esters (lactones) is 2. The monoisotopic (exact) mass is 162 g/mol. The first kappa shape index (κ1) is 8.30. The normalized spacial score (nSPS) is 36.6. The van der Waals surface area contributed by atoms with E-state index in [1.54, 1.807) is 13.8 Å². The van der Waals surface area contributed by atoms with Crippen LogP contribution in [0.25, 0.3) is 0 Å². The third kappa shape index (κ3) is 1.29. The van der Waals surface area contributed by atoms with E-state index in [-0.39, 0.29) is 6.42 Å².